The number of amides is 1. The minimum absolute atomic E-state index is 0. The number of nitrogens with two attached hydrogens (primary N) is 1. The molecule has 1 saturated heterocycles. The van der Waals surface area contributed by atoms with Crippen molar-refractivity contribution >= 4 is 36.4 Å². The zero-order valence-corrected chi connectivity index (χ0v) is 15.1. The maximum absolute atomic E-state index is 11.7. The summed E-state index contributed by atoms with van der Waals surface area (Å²) in [6, 6.07) is 7.57. The predicted molar refractivity (Wildman–Crippen MR) is 98.8 cm³/mol. The Bertz CT molecular complexity index is 451. The summed E-state index contributed by atoms with van der Waals surface area (Å²) in [5, 5.41) is 2.83. The third-order valence-electron chi connectivity index (χ3n) is 3.82. The van der Waals surface area contributed by atoms with Crippen LogP contribution in [0.3, 0.4) is 0 Å². The Morgan fingerprint density at radius 1 is 1.26 bits per heavy atom. The third kappa shape index (κ3) is 7.50. The number of hydrogen-bond donors (Lipinski definition) is 2. The third-order valence-corrected chi connectivity index (χ3v) is 3.82. The molecule has 1 aliphatic heterocycles. The summed E-state index contributed by atoms with van der Waals surface area (Å²) in [5.41, 5.74) is 7.78. The van der Waals surface area contributed by atoms with Crippen LogP contribution in [0, 0.1) is 0 Å². The van der Waals surface area contributed by atoms with E-state index < -0.39 is 6.04 Å². The molecule has 1 atom stereocenters. The van der Waals surface area contributed by atoms with Gasteiger partial charge in [0.1, 0.15) is 0 Å². The van der Waals surface area contributed by atoms with Gasteiger partial charge in [0.15, 0.2) is 0 Å². The van der Waals surface area contributed by atoms with Crippen molar-refractivity contribution in [3.8, 4) is 0 Å². The van der Waals surface area contributed by atoms with Gasteiger partial charge < -0.3 is 15.8 Å². The molecule has 132 valence electrons. The van der Waals surface area contributed by atoms with Crippen molar-refractivity contribution < 1.29 is 9.53 Å². The predicted octanol–water partition coefficient (Wildman–Crippen LogP) is 2.08. The van der Waals surface area contributed by atoms with Crippen molar-refractivity contribution in [2.24, 2.45) is 5.73 Å². The number of halogens is 2. The first-order valence-electron chi connectivity index (χ1n) is 7.64. The lowest BCUT2D eigenvalue weighted by Crippen LogP contribution is -2.37. The standard InChI is InChI=1S/C16H25N3O2.2ClH/c1-2-15(17)16(20)18-14-5-3-13(4-6-14)7-8-19-9-11-21-12-10-19;;/h3-6,15H,2,7-12,17H2,1H3,(H,18,20);2*1H/t15-;;/m0../s1. The molecule has 0 aromatic heterocycles. The second-order valence-corrected chi connectivity index (χ2v) is 5.40. The van der Waals surface area contributed by atoms with Gasteiger partial charge in [0.05, 0.1) is 19.3 Å². The van der Waals surface area contributed by atoms with Crippen LogP contribution in [-0.4, -0.2) is 49.7 Å². The number of carbonyl (C=O) groups excluding carboxylic acids is 1. The molecule has 1 aromatic rings. The van der Waals surface area contributed by atoms with Gasteiger partial charge >= 0.3 is 0 Å². The van der Waals surface area contributed by atoms with E-state index in [-0.39, 0.29) is 30.7 Å². The van der Waals surface area contributed by atoms with Gasteiger partial charge in [-0.15, -0.1) is 24.8 Å². The lowest BCUT2D eigenvalue weighted by molar-refractivity contribution is -0.117. The molecule has 0 saturated carbocycles. The molecule has 0 aliphatic carbocycles. The first-order valence-corrected chi connectivity index (χ1v) is 7.64. The largest absolute Gasteiger partial charge is 0.379 e. The second-order valence-electron chi connectivity index (χ2n) is 5.40. The smallest absolute Gasteiger partial charge is 0.241 e. The fourth-order valence-electron chi connectivity index (χ4n) is 2.29. The highest BCUT2D eigenvalue weighted by molar-refractivity contribution is 5.94. The van der Waals surface area contributed by atoms with Gasteiger partial charge in [-0.25, -0.2) is 0 Å². The van der Waals surface area contributed by atoms with Gasteiger partial charge in [-0.05, 0) is 30.5 Å². The van der Waals surface area contributed by atoms with E-state index in [1.54, 1.807) is 0 Å². The molecule has 23 heavy (non-hydrogen) atoms. The summed E-state index contributed by atoms with van der Waals surface area (Å²) in [5.74, 6) is -0.126. The number of carbonyl (C=O) groups is 1. The molecule has 0 spiro atoms. The number of hydrogen-bond acceptors (Lipinski definition) is 4. The molecule has 2 rings (SSSR count). The molecule has 1 fully saturated rings. The van der Waals surface area contributed by atoms with Crippen LogP contribution in [0.25, 0.3) is 0 Å². The Labute approximate surface area is 150 Å². The lowest BCUT2D eigenvalue weighted by atomic mass is 10.1. The Kier molecular flexibility index (Phi) is 11.2. The number of benzene rings is 1. The van der Waals surface area contributed by atoms with Crippen molar-refractivity contribution in [3.05, 3.63) is 29.8 Å². The number of morpholine rings is 1. The van der Waals surface area contributed by atoms with E-state index >= 15 is 0 Å². The van der Waals surface area contributed by atoms with Crippen LogP contribution >= 0.6 is 24.8 Å². The van der Waals surface area contributed by atoms with E-state index in [9.17, 15) is 4.79 Å². The van der Waals surface area contributed by atoms with Crippen molar-refractivity contribution in [1.82, 2.24) is 4.90 Å². The highest BCUT2D eigenvalue weighted by Gasteiger charge is 2.11. The number of anilines is 1. The number of nitrogens with one attached hydrogen (secondary N) is 1. The fraction of sp³-hybridized carbons (Fsp3) is 0.562. The first kappa shape index (κ1) is 22.1. The van der Waals surface area contributed by atoms with Crippen LogP contribution in [0.2, 0.25) is 0 Å². The average Bonchev–Trinajstić information content (AvgIpc) is 2.54. The summed E-state index contributed by atoms with van der Waals surface area (Å²) in [6.07, 6.45) is 1.66. The SMILES string of the molecule is CC[C@H](N)C(=O)Nc1ccc(CCN2CCOCC2)cc1.Cl.Cl. The molecule has 1 heterocycles. The van der Waals surface area contributed by atoms with Gasteiger partial charge in [-0.2, -0.15) is 0 Å². The molecule has 1 aromatic carbocycles. The Morgan fingerprint density at radius 2 is 1.87 bits per heavy atom. The molecule has 3 N–H and O–H groups in total. The molecule has 1 amide bonds. The second kappa shape index (κ2) is 11.6. The summed E-state index contributed by atoms with van der Waals surface area (Å²) in [4.78, 5) is 14.1. The van der Waals surface area contributed by atoms with Crippen molar-refractivity contribution in [2.45, 2.75) is 25.8 Å². The van der Waals surface area contributed by atoms with Gasteiger partial charge in [0.25, 0.3) is 0 Å². The normalized spacial score (nSPS) is 15.9. The van der Waals surface area contributed by atoms with Gasteiger partial charge in [0, 0.05) is 25.3 Å². The quantitative estimate of drug-likeness (QED) is 0.811. The number of nitrogens with zero attached hydrogens (tertiary/aromatic N) is 1. The zero-order chi connectivity index (χ0) is 15.1. The number of ether oxygens (including phenoxy) is 1. The maximum atomic E-state index is 11.7. The van der Waals surface area contributed by atoms with E-state index in [2.05, 4.69) is 22.3 Å². The highest BCUT2D eigenvalue weighted by atomic mass is 35.5. The monoisotopic (exact) mass is 363 g/mol. The lowest BCUT2D eigenvalue weighted by Gasteiger charge is -2.26. The van der Waals surface area contributed by atoms with E-state index in [1.807, 2.05) is 19.1 Å². The van der Waals surface area contributed by atoms with Crippen LogP contribution in [0.15, 0.2) is 24.3 Å². The van der Waals surface area contributed by atoms with Crippen LogP contribution in [-0.2, 0) is 16.0 Å². The first-order chi connectivity index (χ1) is 10.2. The molecule has 7 heteroatoms. The Balaban J connectivity index is 0.00000242. The maximum Gasteiger partial charge on any atom is 0.241 e. The topological polar surface area (TPSA) is 67.6 Å². The fourth-order valence-corrected chi connectivity index (χ4v) is 2.29. The summed E-state index contributed by atoms with van der Waals surface area (Å²) in [6.45, 7) is 6.66. The Morgan fingerprint density at radius 3 is 2.43 bits per heavy atom. The molecule has 5 nitrogen and oxygen atoms in total. The highest BCUT2D eigenvalue weighted by Crippen LogP contribution is 2.11. The molecule has 1 aliphatic rings. The van der Waals surface area contributed by atoms with Crippen molar-refractivity contribution in [1.29, 1.82) is 0 Å². The van der Waals surface area contributed by atoms with E-state index in [0.717, 1.165) is 45.0 Å². The van der Waals surface area contributed by atoms with Crippen LogP contribution in [0.4, 0.5) is 5.69 Å². The average molecular weight is 364 g/mol. The molecule has 0 radical (unpaired) electrons. The van der Waals surface area contributed by atoms with E-state index in [1.165, 1.54) is 5.56 Å². The van der Waals surface area contributed by atoms with Gasteiger partial charge in [-0.1, -0.05) is 19.1 Å². The van der Waals surface area contributed by atoms with Crippen LogP contribution < -0.4 is 11.1 Å². The van der Waals surface area contributed by atoms with E-state index in [0.29, 0.717) is 6.42 Å². The van der Waals surface area contributed by atoms with Crippen molar-refractivity contribution in [2.75, 3.05) is 38.2 Å². The van der Waals surface area contributed by atoms with Crippen LogP contribution in [0.5, 0.6) is 0 Å². The van der Waals surface area contributed by atoms with Crippen LogP contribution in [0.1, 0.15) is 18.9 Å². The minimum atomic E-state index is -0.439. The van der Waals surface area contributed by atoms with Gasteiger partial charge in [0.2, 0.25) is 5.91 Å². The summed E-state index contributed by atoms with van der Waals surface area (Å²) >= 11 is 0. The molecule has 0 unspecified atom stereocenters. The number of rotatable bonds is 6. The zero-order valence-electron chi connectivity index (χ0n) is 13.5. The Hall–Kier alpha value is -0.850. The molecule has 0 bridgehead atoms. The summed E-state index contributed by atoms with van der Waals surface area (Å²) in [7, 11) is 0. The summed E-state index contributed by atoms with van der Waals surface area (Å²) < 4.78 is 5.34. The molecular weight excluding hydrogens is 337 g/mol. The molecular formula is C16H27Cl2N3O2. The minimum Gasteiger partial charge on any atom is -0.379 e. The van der Waals surface area contributed by atoms with E-state index in [4.69, 9.17) is 10.5 Å². The van der Waals surface area contributed by atoms with Gasteiger partial charge in [-0.3, -0.25) is 9.69 Å². The van der Waals surface area contributed by atoms with Crippen molar-refractivity contribution in [3.63, 3.8) is 0 Å².